The van der Waals surface area contributed by atoms with Gasteiger partial charge in [0.1, 0.15) is 11.5 Å². The summed E-state index contributed by atoms with van der Waals surface area (Å²) < 4.78 is 0. The molecule has 2 N–H and O–H groups in total. The Morgan fingerprint density at radius 3 is 2.30 bits per heavy atom. The van der Waals surface area contributed by atoms with Crippen molar-refractivity contribution in [3.05, 3.63) is 60.8 Å². The molecule has 5 aromatic rings. The predicted octanol–water partition coefficient (Wildman–Crippen LogP) is 4.23. The van der Waals surface area contributed by atoms with E-state index in [-0.39, 0.29) is 0 Å². The Kier molecular flexibility index (Phi) is 3.43. The third kappa shape index (κ3) is 2.71. The molecule has 2 aromatic carbocycles. The third-order valence-corrected chi connectivity index (χ3v) is 4.64. The summed E-state index contributed by atoms with van der Waals surface area (Å²) in [5, 5.41) is 0. The minimum Gasteiger partial charge on any atom is -0.378 e. The number of anilines is 1. The number of benzene rings is 2. The first kappa shape index (κ1) is 15.6. The van der Waals surface area contributed by atoms with Crippen LogP contribution in [0.1, 0.15) is 0 Å². The zero-order chi connectivity index (χ0) is 18.4. The van der Waals surface area contributed by atoms with Crippen LogP contribution in [0.25, 0.3) is 45.0 Å². The van der Waals surface area contributed by atoms with Crippen LogP contribution in [0.3, 0.4) is 0 Å². The van der Waals surface area contributed by atoms with E-state index in [0.717, 1.165) is 50.7 Å². The van der Waals surface area contributed by atoms with Gasteiger partial charge in [0.25, 0.3) is 0 Å². The van der Waals surface area contributed by atoms with E-state index in [2.05, 4.69) is 43.0 Å². The fraction of sp³-hybridized carbons (Fsp3) is 0.0952. The maximum atomic E-state index is 4.73. The highest BCUT2D eigenvalue weighted by atomic mass is 15.1. The summed E-state index contributed by atoms with van der Waals surface area (Å²) in [7, 11) is 4.06. The highest BCUT2D eigenvalue weighted by Gasteiger charge is 2.10. The van der Waals surface area contributed by atoms with E-state index in [0.29, 0.717) is 0 Å². The number of rotatable bonds is 3. The van der Waals surface area contributed by atoms with Crippen molar-refractivity contribution in [3.63, 3.8) is 0 Å². The predicted molar refractivity (Wildman–Crippen MR) is 109 cm³/mol. The van der Waals surface area contributed by atoms with E-state index in [4.69, 9.17) is 4.98 Å². The maximum Gasteiger partial charge on any atom is 0.157 e. The van der Waals surface area contributed by atoms with Gasteiger partial charge in [0.05, 0.1) is 22.1 Å². The first-order valence-electron chi connectivity index (χ1n) is 8.76. The Morgan fingerprint density at radius 1 is 0.778 bits per heavy atom. The number of nitrogens with one attached hydrogen (secondary N) is 2. The summed E-state index contributed by atoms with van der Waals surface area (Å²) in [4.78, 5) is 22.6. The lowest BCUT2D eigenvalue weighted by Gasteiger charge is -2.11. The number of imidazole rings is 2. The highest BCUT2D eigenvalue weighted by molar-refractivity contribution is 5.86. The molecule has 0 fully saturated rings. The molecule has 0 atom stereocenters. The van der Waals surface area contributed by atoms with Gasteiger partial charge in [0.2, 0.25) is 0 Å². The minimum absolute atomic E-state index is 0.767. The fourth-order valence-electron chi connectivity index (χ4n) is 3.19. The van der Waals surface area contributed by atoms with Crippen LogP contribution in [-0.2, 0) is 0 Å². The molecule has 3 aromatic heterocycles. The Bertz CT molecular complexity index is 1250. The lowest BCUT2D eigenvalue weighted by molar-refractivity contribution is 1.13. The van der Waals surface area contributed by atoms with Gasteiger partial charge in [-0.15, -0.1) is 0 Å². The molecule has 27 heavy (non-hydrogen) atoms. The normalized spacial score (nSPS) is 11.3. The van der Waals surface area contributed by atoms with E-state index < -0.39 is 0 Å². The zero-order valence-corrected chi connectivity index (χ0v) is 15.1. The molecule has 0 radical (unpaired) electrons. The van der Waals surface area contributed by atoms with Crippen LogP contribution in [-0.4, -0.2) is 39.0 Å². The lowest BCUT2D eigenvalue weighted by atomic mass is 10.2. The largest absolute Gasteiger partial charge is 0.378 e. The number of hydrogen-bond donors (Lipinski definition) is 2. The summed E-state index contributed by atoms with van der Waals surface area (Å²) in [6.07, 6.45) is 1.77. The van der Waals surface area contributed by atoms with Crippen LogP contribution < -0.4 is 4.90 Å². The van der Waals surface area contributed by atoms with Crippen molar-refractivity contribution in [2.45, 2.75) is 0 Å². The van der Waals surface area contributed by atoms with Gasteiger partial charge < -0.3 is 14.9 Å². The molecule has 3 heterocycles. The van der Waals surface area contributed by atoms with Crippen LogP contribution in [0, 0.1) is 0 Å². The fourth-order valence-corrected chi connectivity index (χ4v) is 3.19. The summed E-state index contributed by atoms with van der Waals surface area (Å²) in [5.74, 6) is 1.61. The molecule has 0 saturated carbocycles. The Balaban J connectivity index is 1.57. The summed E-state index contributed by atoms with van der Waals surface area (Å²) >= 11 is 0. The van der Waals surface area contributed by atoms with Crippen molar-refractivity contribution in [1.82, 2.24) is 24.9 Å². The minimum atomic E-state index is 0.767. The number of hydrogen-bond acceptors (Lipinski definition) is 4. The molecule has 0 spiro atoms. The molecule has 0 aliphatic heterocycles. The maximum absolute atomic E-state index is 4.73. The van der Waals surface area contributed by atoms with E-state index in [1.54, 1.807) is 6.20 Å². The van der Waals surface area contributed by atoms with Gasteiger partial charge in [-0.05, 0) is 48.5 Å². The number of pyridine rings is 1. The monoisotopic (exact) mass is 354 g/mol. The van der Waals surface area contributed by atoms with Gasteiger partial charge >= 0.3 is 0 Å². The first-order valence-corrected chi connectivity index (χ1v) is 8.76. The van der Waals surface area contributed by atoms with E-state index in [1.807, 2.05) is 50.5 Å². The molecular formula is C21H18N6. The number of aromatic amines is 2. The Hall–Kier alpha value is -3.67. The molecule has 6 nitrogen and oxygen atoms in total. The van der Waals surface area contributed by atoms with Crippen LogP contribution in [0.15, 0.2) is 60.8 Å². The standard InChI is InChI=1S/C21H18N6/c1-27(2)14-7-9-16-19(12-14)25-20(23-16)13-6-8-15-18(11-13)26-21(24-15)17-5-3-4-10-22-17/h3-12H,1-2H3,(H,23,25)(H,24,26). The quantitative estimate of drug-likeness (QED) is 0.508. The van der Waals surface area contributed by atoms with Crippen LogP contribution in [0.5, 0.6) is 0 Å². The van der Waals surface area contributed by atoms with Gasteiger partial charge in [-0.25, -0.2) is 9.97 Å². The first-order chi connectivity index (χ1) is 13.2. The van der Waals surface area contributed by atoms with Gasteiger partial charge in [-0.1, -0.05) is 6.07 Å². The van der Waals surface area contributed by atoms with Gasteiger partial charge in [-0.3, -0.25) is 4.98 Å². The Morgan fingerprint density at radius 2 is 1.52 bits per heavy atom. The molecule has 132 valence electrons. The molecule has 0 amide bonds. The molecule has 0 saturated heterocycles. The summed E-state index contributed by atoms with van der Waals surface area (Å²) in [6.45, 7) is 0. The lowest BCUT2D eigenvalue weighted by Crippen LogP contribution is -2.07. The average Bonchev–Trinajstić information content (AvgIpc) is 3.31. The molecule has 6 heteroatoms. The second kappa shape index (κ2) is 5.95. The van der Waals surface area contributed by atoms with Gasteiger partial charge in [0, 0.05) is 31.5 Å². The third-order valence-electron chi connectivity index (χ3n) is 4.64. The number of nitrogens with zero attached hydrogens (tertiary/aromatic N) is 4. The van der Waals surface area contributed by atoms with E-state index in [1.165, 1.54) is 0 Å². The number of fused-ring (bicyclic) bond motifs is 2. The van der Waals surface area contributed by atoms with Crippen LogP contribution in [0.4, 0.5) is 5.69 Å². The van der Waals surface area contributed by atoms with E-state index in [9.17, 15) is 0 Å². The van der Waals surface area contributed by atoms with Crippen molar-refractivity contribution in [3.8, 4) is 22.9 Å². The molecule has 0 unspecified atom stereocenters. The van der Waals surface area contributed by atoms with Crippen molar-refractivity contribution in [2.24, 2.45) is 0 Å². The second-order valence-corrected chi connectivity index (χ2v) is 6.71. The number of aromatic nitrogens is 5. The topological polar surface area (TPSA) is 73.5 Å². The van der Waals surface area contributed by atoms with Gasteiger partial charge in [0.15, 0.2) is 5.82 Å². The van der Waals surface area contributed by atoms with Crippen molar-refractivity contribution >= 4 is 27.8 Å². The highest BCUT2D eigenvalue weighted by Crippen LogP contribution is 2.27. The van der Waals surface area contributed by atoms with Gasteiger partial charge in [-0.2, -0.15) is 0 Å². The van der Waals surface area contributed by atoms with E-state index >= 15 is 0 Å². The molecule has 0 aliphatic carbocycles. The SMILES string of the molecule is CN(C)c1ccc2nc(-c3ccc4nc(-c5ccccn5)[nH]c4c3)[nH]c2c1. The summed E-state index contributed by atoms with van der Waals surface area (Å²) in [5.41, 5.74) is 6.83. The smallest absolute Gasteiger partial charge is 0.157 e. The Labute approximate surface area is 155 Å². The van der Waals surface area contributed by atoms with Crippen LogP contribution in [0.2, 0.25) is 0 Å². The average molecular weight is 354 g/mol. The van der Waals surface area contributed by atoms with Crippen LogP contribution >= 0.6 is 0 Å². The zero-order valence-electron chi connectivity index (χ0n) is 15.1. The molecular weight excluding hydrogens is 336 g/mol. The molecule has 0 aliphatic rings. The number of H-pyrrole nitrogens is 2. The summed E-state index contributed by atoms with van der Waals surface area (Å²) in [6, 6.07) is 18.1. The van der Waals surface area contributed by atoms with Crippen molar-refractivity contribution < 1.29 is 0 Å². The molecule has 5 rings (SSSR count). The van der Waals surface area contributed by atoms with Crippen molar-refractivity contribution in [2.75, 3.05) is 19.0 Å². The molecule has 0 bridgehead atoms. The van der Waals surface area contributed by atoms with Crippen molar-refractivity contribution in [1.29, 1.82) is 0 Å². The second-order valence-electron chi connectivity index (χ2n) is 6.71.